The Morgan fingerprint density at radius 3 is 2.48 bits per heavy atom. The number of methoxy groups -OCH3 is 1. The Labute approximate surface area is 182 Å². The second-order valence-electron chi connectivity index (χ2n) is 7.94. The summed E-state index contributed by atoms with van der Waals surface area (Å²) in [4.78, 5) is 2.56. The second kappa shape index (κ2) is 10.4. The second-order valence-corrected chi connectivity index (χ2v) is 7.94. The molecular weight excluding hydrogens is 392 g/mol. The van der Waals surface area contributed by atoms with Gasteiger partial charge in [-0.3, -0.25) is 0 Å². The lowest BCUT2D eigenvalue weighted by atomic mass is 10.1. The molecule has 0 saturated carbocycles. The molecule has 0 atom stereocenters. The van der Waals surface area contributed by atoms with Crippen LogP contribution in [0.25, 0.3) is 22.3 Å². The molecule has 1 N–H and O–H groups in total. The van der Waals surface area contributed by atoms with Gasteiger partial charge in [-0.1, -0.05) is 11.6 Å². The van der Waals surface area contributed by atoms with Crippen molar-refractivity contribution in [3.05, 3.63) is 53.9 Å². The zero-order chi connectivity index (χ0) is 21.5. The molecule has 3 aromatic rings. The molecule has 1 saturated heterocycles. The Balaban J connectivity index is 1.38. The SMILES string of the molecule is COc1ccc2c(=NO)cc(-c3ccc(OCCCCN4CCCCC4)cc3)oc2c1. The largest absolute Gasteiger partial charge is 0.497 e. The van der Waals surface area contributed by atoms with Crippen LogP contribution in [-0.4, -0.2) is 43.5 Å². The van der Waals surface area contributed by atoms with Gasteiger partial charge in [0.1, 0.15) is 28.2 Å². The Morgan fingerprint density at radius 1 is 0.968 bits per heavy atom. The summed E-state index contributed by atoms with van der Waals surface area (Å²) in [5, 5.41) is 14.0. The van der Waals surface area contributed by atoms with Crippen molar-refractivity contribution < 1.29 is 19.1 Å². The van der Waals surface area contributed by atoms with Gasteiger partial charge in [0, 0.05) is 23.1 Å². The minimum atomic E-state index is 0.452. The Bertz CT molecular complexity index is 1050. The fourth-order valence-corrected chi connectivity index (χ4v) is 4.03. The summed E-state index contributed by atoms with van der Waals surface area (Å²) < 4.78 is 17.2. The Morgan fingerprint density at radius 2 is 1.74 bits per heavy atom. The number of nitrogens with zero attached hydrogens (tertiary/aromatic N) is 2. The maximum absolute atomic E-state index is 9.43. The molecule has 2 heterocycles. The van der Waals surface area contributed by atoms with Crippen LogP contribution < -0.4 is 14.8 Å². The van der Waals surface area contributed by atoms with Gasteiger partial charge in [0.25, 0.3) is 0 Å². The third-order valence-corrected chi connectivity index (χ3v) is 5.79. The highest BCUT2D eigenvalue weighted by Gasteiger charge is 2.10. The van der Waals surface area contributed by atoms with Crippen molar-refractivity contribution in [3.63, 3.8) is 0 Å². The Hall–Kier alpha value is -2.99. The van der Waals surface area contributed by atoms with E-state index in [1.165, 1.54) is 45.3 Å². The molecular formula is C25H30N2O4. The zero-order valence-corrected chi connectivity index (χ0v) is 18.0. The van der Waals surface area contributed by atoms with E-state index in [1.54, 1.807) is 19.2 Å². The van der Waals surface area contributed by atoms with Gasteiger partial charge in [-0.15, -0.1) is 0 Å². The molecule has 1 aliphatic rings. The summed E-state index contributed by atoms with van der Waals surface area (Å²) in [5.41, 5.74) is 1.48. The molecule has 0 unspecified atom stereocenters. The smallest absolute Gasteiger partial charge is 0.140 e. The van der Waals surface area contributed by atoms with Crippen molar-refractivity contribution in [1.82, 2.24) is 4.90 Å². The standard InChI is InChI=1S/C25H30N2O4/c1-29-21-11-12-22-23(26-28)18-24(31-25(22)17-21)19-7-9-20(10-8-19)30-16-6-5-15-27-13-3-2-4-14-27/h7-12,17-18,28H,2-6,13-16H2,1H3. The zero-order valence-electron chi connectivity index (χ0n) is 18.0. The molecule has 164 valence electrons. The Kier molecular flexibility index (Phi) is 7.10. The van der Waals surface area contributed by atoms with E-state index in [4.69, 9.17) is 13.9 Å². The van der Waals surface area contributed by atoms with Gasteiger partial charge in [0.05, 0.1) is 13.7 Å². The predicted molar refractivity (Wildman–Crippen MR) is 121 cm³/mol. The predicted octanol–water partition coefficient (Wildman–Crippen LogP) is 5.04. The van der Waals surface area contributed by atoms with Crippen LogP contribution in [0.3, 0.4) is 0 Å². The minimum Gasteiger partial charge on any atom is -0.497 e. The van der Waals surface area contributed by atoms with Gasteiger partial charge in [0.2, 0.25) is 0 Å². The lowest BCUT2D eigenvalue weighted by Gasteiger charge is -2.26. The van der Waals surface area contributed by atoms with Gasteiger partial charge in [-0.2, -0.15) is 0 Å². The first-order chi connectivity index (χ1) is 15.3. The third-order valence-electron chi connectivity index (χ3n) is 5.79. The number of benzene rings is 2. The van der Waals surface area contributed by atoms with Crippen molar-refractivity contribution in [2.45, 2.75) is 32.1 Å². The minimum absolute atomic E-state index is 0.452. The van der Waals surface area contributed by atoms with Crippen LogP contribution >= 0.6 is 0 Å². The first-order valence-corrected chi connectivity index (χ1v) is 11.0. The van der Waals surface area contributed by atoms with Gasteiger partial charge in [-0.25, -0.2) is 0 Å². The number of hydrogen-bond acceptors (Lipinski definition) is 6. The van der Waals surface area contributed by atoms with Crippen molar-refractivity contribution in [1.29, 1.82) is 0 Å². The van der Waals surface area contributed by atoms with Gasteiger partial charge in [-0.05, 0) is 81.7 Å². The van der Waals surface area contributed by atoms with Crippen LogP contribution in [0.1, 0.15) is 32.1 Å². The van der Waals surface area contributed by atoms with E-state index in [2.05, 4.69) is 10.1 Å². The molecule has 0 radical (unpaired) electrons. The van der Waals surface area contributed by atoms with Crippen LogP contribution in [-0.2, 0) is 0 Å². The third kappa shape index (κ3) is 5.39. The molecule has 1 fully saturated rings. The maximum Gasteiger partial charge on any atom is 0.140 e. The van der Waals surface area contributed by atoms with E-state index in [0.717, 1.165) is 29.7 Å². The summed E-state index contributed by atoms with van der Waals surface area (Å²) >= 11 is 0. The highest BCUT2D eigenvalue weighted by molar-refractivity contribution is 5.79. The molecule has 0 bridgehead atoms. The van der Waals surface area contributed by atoms with E-state index in [9.17, 15) is 5.21 Å². The molecule has 0 amide bonds. The monoisotopic (exact) mass is 422 g/mol. The highest BCUT2D eigenvalue weighted by Crippen LogP contribution is 2.26. The normalized spacial score (nSPS) is 15.3. The molecule has 31 heavy (non-hydrogen) atoms. The number of fused-ring (bicyclic) bond motifs is 1. The fraction of sp³-hybridized carbons (Fsp3) is 0.400. The number of piperidine rings is 1. The molecule has 0 spiro atoms. The van der Waals surface area contributed by atoms with E-state index in [1.807, 2.05) is 36.4 Å². The number of hydrogen-bond donors (Lipinski definition) is 1. The highest BCUT2D eigenvalue weighted by atomic mass is 16.5. The molecule has 1 aromatic heterocycles. The van der Waals surface area contributed by atoms with Crippen LogP contribution in [0, 0.1) is 0 Å². The van der Waals surface area contributed by atoms with Crippen LogP contribution in [0.15, 0.2) is 58.1 Å². The van der Waals surface area contributed by atoms with Gasteiger partial charge >= 0.3 is 0 Å². The molecule has 0 aliphatic carbocycles. The average molecular weight is 423 g/mol. The van der Waals surface area contributed by atoms with E-state index in [0.29, 0.717) is 22.5 Å². The molecule has 6 nitrogen and oxygen atoms in total. The summed E-state index contributed by atoms with van der Waals surface area (Å²) in [5.74, 6) is 2.14. The average Bonchev–Trinajstić information content (AvgIpc) is 2.83. The summed E-state index contributed by atoms with van der Waals surface area (Å²) in [7, 11) is 1.61. The van der Waals surface area contributed by atoms with Gasteiger partial charge in [0.15, 0.2) is 0 Å². The number of likely N-dealkylation sites (tertiary alicyclic amines) is 1. The number of rotatable bonds is 8. The van der Waals surface area contributed by atoms with E-state index < -0.39 is 0 Å². The summed E-state index contributed by atoms with van der Waals surface area (Å²) in [6.45, 7) is 4.40. The van der Waals surface area contributed by atoms with Crippen LogP contribution in [0.4, 0.5) is 0 Å². The van der Waals surface area contributed by atoms with Crippen molar-refractivity contribution >= 4 is 11.0 Å². The topological polar surface area (TPSA) is 67.4 Å². The van der Waals surface area contributed by atoms with E-state index >= 15 is 0 Å². The summed E-state index contributed by atoms with van der Waals surface area (Å²) in [6, 6.07) is 14.9. The first-order valence-electron chi connectivity index (χ1n) is 11.0. The van der Waals surface area contributed by atoms with E-state index in [-0.39, 0.29) is 0 Å². The first kappa shape index (κ1) is 21.2. The fourth-order valence-electron chi connectivity index (χ4n) is 4.03. The van der Waals surface area contributed by atoms with Crippen molar-refractivity contribution in [3.8, 4) is 22.8 Å². The number of ether oxygens (including phenoxy) is 2. The summed E-state index contributed by atoms with van der Waals surface area (Å²) in [6.07, 6.45) is 6.29. The van der Waals surface area contributed by atoms with Crippen LogP contribution in [0.5, 0.6) is 11.5 Å². The molecule has 4 rings (SSSR count). The van der Waals surface area contributed by atoms with Gasteiger partial charge < -0.3 is 24.0 Å². The van der Waals surface area contributed by atoms with Crippen LogP contribution in [0.2, 0.25) is 0 Å². The maximum atomic E-state index is 9.43. The van der Waals surface area contributed by atoms with Crippen molar-refractivity contribution in [2.24, 2.45) is 5.16 Å². The quantitative estimate of drug-likeness (QED) is 0.313. The molecule has 6 heteroatoms. The van der Waals surface area contributed by atoms with Crippen molar-refractivity contribution in [2.75, 3.05) is 33.4 Å². The lowest BCUT2D eigenvalue weighted by molar-refractivity contribution is 0.216. The number of unbranched alkanes of at least 4 members (excludes halogenated alkanes) is 1. The molecule has 2 aromatic carbocycles. The molecule has 1 aliphatic heterocycles. The lowest BCUT2D eigenvalue weighted by Crippen LogP contribution is -2.30.